The Hall–Kier alpha value is -3.97. The maximum absolute atomic E-state index is 12.8. The predicted molar refractivity (Wildman–Crippen MR) is 160 cm³/mol. The maximum Gasteiger partial charge on any atom is 0.414 e. The number of esters is 2. The zero-order valence-electron chi connectivity index (χ0n) is 25.2. The molecule has 44 heavy (non-hydrogen) atoms. The molecule has 2 N–H and O–H groups in total. The summed E-state index contributed by atoms with van der Waals surface area (Å²) in [6, 6.07) is 6.14. The molecule has 2 aromatic rings. The number of unbranched alkanes of at least 4 members (excludes halogenated alkanes) is 1. The summed E-state index contributed by atoms with van der Waals surface area (Å²) in [6.07, 6.45) is 5.00. The normalized spacial score (nSPS) is 20.7. The highest BCUT2D eigenvalue weighted by molar-refractivity contribution is 7.91. The quantitative estimate of drug-likeness (QED) is 0.123. The van der Waals surface area contributed by atoms with Crippen molar-refractivity contribution in [1.29, 1.82) is 0 Å². The lowest BCUT2D eigenvalue weighted by Gasteiger charge is -2.43. The van der Waals surface area contributed by atoms with E-state index in [0.29, 0.717) is 12.8 Å². The van der Waals surface area contributed by atoms with Gasteiger partial charge in [0.15, 0.2) is 0 Å². The topological polar surface area (TPSA) is 175 Å². The molecule has 240 valence electrons. The number of rotatable bonds is 16. The minimum Gasteiger partial charge on any atom is -0.466 e. The van der Waals surface area contributed by atoms with Gasteiger partial charge in [0.1, 0.15) is 12.6 Å². The monoisotopic (exact) mass is 631 g/mol. The van der Waals surface area contributed by atoms with Gasteiger partial charge in [-0.3, -0.25) is 14.2 Å². The number of ether oxygens (including phenoxy) is 3. The number of hydrogen-bond acceptors (Lipinski definition) is 11. The lowest BCUT2D eigenvalue weighted by molar-refractivity contribution is -0.832. The molecule has 12 nitrogen and oxygen atoms in total. The van der Waals surface area contributed by atoms with Crippen LogP contribution in [0.3, 0.4) is 0 Å². The van der Waals surface area contributed by atoms with E-state index in [1.54, 1.807) is 6.07 Å². The SMILES string of the molecule is C=C[C@]1(C)CC[C@@H](C(=C)COC(=O)[C@@H](N)CC(=O)OCCCCOc2no[n+]([O-])c2S(=O)(=O)c2ccccc2)C[C@H]1C(=C)C. The van der Waals surface area contributed by atoms with Crippen LogP contribution in [-0.4, -0.2) is 51.4 Å². The van der Waals surface area contributed by atoms with E-state index in [0.717, 1.165) is 30.4 Å². The molecular weight excluding hydrogens is 590 g/mol. The zero-order valence-corrected chi connectivity index (χ0v) is 26.1. The molecule has 0 radical (unpaired) electrons. The molecule has 0 aliphatic heterocycles. The van der Waals surface area contributed by atoms with Crippen molar-refractivity contribution in [2.45, 2.75) is 68.3 Å². The number of benzene rings is 1. The number of nitrogens with zero attached hydrogens (tertiary/aromatic N) is 2. The Bertz CT molecular complexity index is 1450. The lowest BCUT2D eigenvalue weighted by atomic mass is 9.61. The minimum atomic E-state index is -4.22. The van der Waals surface area contributed by atoms with Crippen LogP contribution in [0.25, 0.3) is 0 Å². The first-order valence-electron chi connectivity index (χ1n) is 14.4. The van der Waals surface area contributed by atoms with Crippen LogP contribution in [0.4, 0.5) is 0 Å². The van der Waals surface area contributed by atoms with E-state index >= 15 is 0 Å². The number of aromatic nitrogens is 2. The summed E-state index contributed by atoms with van der Waals surface area (Å²) in [7, 11) is -4.22. The second-order valence-corrected chi connectivity index (χ2v) is 13.2. The standard InChI is InChI=1S/C31H41N3O9S/c1-6-31(5)15-14-23(18-25(31)21(2)3)22(4)20-42-30(36)26(32)19-27(35)40-16-10-11-17-41-28-29(34(37)43-33-28)44(38,39)24-12-8-7-9-13-24/h6-9,12-13,23,25-26H,1-2,4,10-11,14-20,32H2,3,5H3/t23-,25+,26+,31-/m1/s1. The van der Waals surface area contributed by atoms with Crippen LogP contribution in [0.1, 0.15) is 52.4 Å². The van der Waals surface area contributed by atoms with Crippen LogP contribution >= 0.6 is 0 Å². The maximum atomic E-state index is 12.8. The third kappa shape index (κ3) is 8.56. The molecule has 0 unspecified atom stereocenters. The molecule has 13 heteroatoms. The lowest BCUT2D eigenvalue weighted by Crippen LogP contribution is -2.36. The molecular formula is C31H41N3O9S. The van der Waals surface area contributed by atoms with Crippen molar-refractivity contribution in [2.24, 2.45) is 23.0 Å². The summed E-state index contributed by atoms with van der Waals surface area (Å²) in [4.78, 5) is 24.2. The number of carbonyl (C=O) groups excluding carboxylic acids is 2. The van der Waals surface area contributed by atoms with Gasteiger partial charge in [0.2, 0.25) is 0 Å². The van der Waals surface area contributed by atoms with Gasteiger partial charge in [-0.2, -0.15) is 0 Å². The number of nitrogens with two attached hydrogens (primary N) is 1. The second kappa shape index (κ2) is 15.2. The molecule has 3 rings (SSSR count). The Labute approximate surface area is 258 Å². The zero-order chi connectivity index (χ0) is 32.5. The molecule has 1 aromatic heterocycles. The van der Waals surface area contributed by atoms with E-state index in [4.69, 9.17) is 19.9 Å². The first kappa shape index (κ1) is 34.5. The number of allylic oxidation sites excluding steroid dienone is 2. The van der Waals surface area contributed by atoms with Crippen molar-refractivity contribution in [3.63, 3.8) is 0 Å². The van der Waals surface area contributed by atoms with E-state index < -0.39 is 38.7 Å². The molecule has 0 spiro atoms. The van der Waals surface area contributed by atoms with Crippen molar-refractivity contribution in [3.05, 3.63) is 72.5 Å². The van der Waals surface area contributed by atoms with Crippen LogP contribution in [0, 0.1) is 22.5 Å². The van der Waals surface area contributed by atoms with E-state index in [9.17, 15) is 23.2 Å². The molecule has 1 saturated carbocycles. The Kier molecular flexibility index (Phi) is 11.9. The van der Waals surface area contributed by atoms with Crippen molar-refractivity contribution in [3.8, 4) is 5.88 Å². The van der Waals surface area contributed by atoms with Gasteiger partial charge in [0.05, 0.1) is 29.7 Å². The third-order valence-electron chi connectivity index (χ3n) is 7.97. The van der Waals surface area contributed by atoms with Crippen molar-refractivity contribution in [2.75, 3.05) is 19.8 Å². The van der Waals surface area contributed by atoms with Crippen molar-refractivity contribution < 1.29 is 41.7 Å². The van der Waals surface area contributed by atoms with E-state index in [1.807, 2.05) is 13.0 Å². The molecule has 1 aliphatic carbocycles. The van der Waals surface area contributed by atoms with Crippen LogP contribution in [-0.2, 0) is 28.9 Å². The van der Waals surface area contributed by atoms with Gasteiger partial charge in [0.25, 0.3) is 9.84 Å². The Morgan fingerprint density at radius 3 is 2.57 bits per heavy atom. The number of carbonyl (C=O) groups is 2. The second-order valence-electron chi connectivity index (χ2n) is 11.3. The smallest absolute Gasteiger partial charge is 0.414 e. The fourth-order valence-corrected chi connectivity index (χ4v) is 6.51. The molecule has 1 heterocycles. The molecule has 1 aliphatic rings. The van der Waals surface area contributed by atoms with Gasteiger partial charge < -0.3 is 25.2 Å². The summed E-state index contributed by atoms with van der Waals surface area (Å²) in [5.41, 5.74) is 7.73. The molecule has 0 bridgehead atoms. The Balaban J connectivity index is 1.35. The molecule has 4 atom stereocenters. The fraction of sp³-hybridized carbons (Fsp3) is 0.484. The van der Waals surface area contributed by atoms with E-state index in [-0.39, 0.29) is 53.3 Å². The predicted octanol–water partition coefficient (Wildman–Crippen LogP) is 3.84. The van der Waals surface area contributed by atoms with Gasteiger partial charge in [0, 0.05) is 0 Å². The van der Waals surface area contributed by atoms with Gasteiger partial charge in [-0.05, 0) is 78.9 Å². The Morgan fingerprint density at radius 2 is 1.91 bits per heavy atom. The van der Waals surface area contributed by atoms with Crippen LogP contribution in [0.2, 0.25) is 0 Å². The van der Waals surface area contributed by atoms with Gasteiger partial charge in [-0.25, -0.2) is 8.42 Å². The van der Waals surface area contributed by atoms with Crippen molar-refractivity contribution in [1.82, 2.24) is 5.16 Å². The number of sulfone groups is 1. The average molecular weight is 632 g/mol. The fourth-order valence-electron chi connectivity index (χ4n) is 5.22. The van der Waals surface area contributed by atoms with Crippen LogP contribution in [0.5, 0.6) is 5.88 Å². The molecule has 1 aromatic carbocycles. The highest BCUT2D eigenvalue weighted by Crippen LogP contribution is 2.48. The van der Waals surface area contributed by atoms with Gasteiger partial charge in [-0.1, -0.05) is 49.9 Å². The summed E-state index contributed by atoms with van der Waals surface area (Å²) < 4.78 is 45.8. The van der Waals surface area contributed by atoms with E-state index in [2.05, 4.69) is 36.4 Å². The van der Waals surface area contributed by atoms with Gasteiger partial charge >= 0.3 is 22.8 Å². The van der Waals surface area contributed by atoms with Crippen LogP contribution in [0.15, 0.2) is 81.8 Å². The third-order valence-corrected chi connectivity index (χ3v) is 9.70. The first-order valence-corrected chi connectivity index (χ1v) is 15.9. The van der Waals surface area contributed by atoms with Crippen LogP contribution < -0.4 is 15.4 Å². The summed E-state index contributed by atoms with van der Waals surface area (Å²) in [5.74, 6) is -1.43. The Morgan fingerprint density at radius 1 is 1.23 bits per heavy atom. The summed E-state index contributed by atoms with van der Waals surface area (Å²) in [6.45, 7) is 16.5. The molecule has 0 saturated heterocycles. The number of hydrogen-bond donors (Lipinski definition) is 1. The first-order chi connectivity index (χ1) is 20.8. The largest absolute Gasteiger partial charge is 0.466 e. The average Bonchev–Trinajstić information content (AvgIpc) is 3.38. The molecule has 0 amide bonds. The highest BCUT2D eigenvalue weighted by Gasteiger charge is 2.39. The van der Waals surface area contributed by atoms with Gasteiger partial charge in [-0.15, -0.1) is 6.58 Å². The minimum absolute atomic E-state index is 0.00546. The summed E-state index contributed by atoms with van der Waals surface area (Å²) >= 11 is 0. The molecule has 1 fully saturated rings. The van der Waals surface area contributed by atoms with E-state index in [1.165, 1.54) is 24.3 Å². The van der Waals surface area contributed by atoms with Crippen molar-refractivity contribution >= 4 is 21.8 Å². The summed E-state index contributed by atoms with van der Waals surface area (Å²) in [5, 5.41) is 14.6. The highest BCUT2D eigenvalue weighted by atomic mass is 32.2.